The van der Waals surface area contributed by atoms with E-state index in [4.69, 9.17) is 9.47 Å². The molecule has 1 heterocycles. The van der Waals surface area contributed by atoms with Crippen LogP contribution in [-0.2, 0) is 27.4 Å². The predicted octanol–water partition coefficient (Wildman–Crippen LogP) is 7.41. The Labute approximate surface area is 243 Å². The molecule has 0 saturated carbocycles. The van der Waals surface area contributed by atoms with E-state index in [2.05, 4.69) is 22.4 Å². The zero-order valence-corrected chi connectivity index (χ0v) is 24.4. The Morgan fingerprint density at radius 2 is 1.71 bits per heavy atom. The van der Waals surface area contributed by atoms with Gasteiger partial charge in [-0.15, -0.1) is 0 Å². The molecule has 41 heavy (non-hydrogen) atoms. The average molecular weight is 559 g/mol. The summed E-state index contributed by atoms with van der Waals surface area (Å²) >= 11 is 0. The molecule has 7 heteroatoms. The molecule has 2 aromatic carbocycles. The van der Waals surface area contributed by atoms with E-state index >= 15 is 0 Å². The van der Waals surface area contributed by atoms with Crippen molar-refractivity contribution < 1.29 is 24.2 Å². The summed E-state index contributed by atoms with van der Waals surface area (Å²) in [4.78, 5) is 29.0. The molecule has 7 nitrogen and oxygen atoms in total. The number of carboxylic acids is 1. The second kappa shape index (κ2) is 16.3. The molecule has 0 aliphatic heterocycles. The van der Waals surface area contributed by atoms with Crippen LogP contribution in [0.15, 0.2) is 66.7 Å². The lowest BCUT2D eigenvalue weighted by atomic mass is 9.79. The van der Waals surface area contributed by atoms with Crippen LogP contribution in [0.4, 0.5) is 5.69 Å². The maximum atomic E-state index is 12.6. The SMILES string of the molecule is CCOc1ccc(CCCCOCc2cccc(/C=C/c3cccc(NC(=O)CC(CC)(CC)C(=O)O)c3)n2)cc1. The van der Waals surface area contributed by atoms with E-state index in [9.17, 15) is 14.7 Å². The lowest BCUT2D eigenvalue weighted by Gasteiger charge is -2.25. The van der Waals surface area contributed by atoms with Crippen molar-refractivity contribution in [2.75, 3.05) is 18.5 Å². The van der Waals surface area contributed by atoms with E-state index in [0.29, 0.717) is 38.3 Å². The molecule has 2 N–H and O–H groups in total. The highest BCUT2D eigenvalue weighted by Crippen LogP contribution is 2.31. The smallest absolute Gasteiger partial charge is 0.310 e. The van der Waals surface area contributed by atoms with Crippen LogP contribution >= 0.6 is 0 Å². The van der Waals surface area contributed by atoms with Crippen molar-refractivity contribution in [3.8, 4) is 5.75 Å². The number of hydrogen-bond acceptors (Lipinski definition) is 5. The van der Waals surface area contributed by atoms with E-state index < -0.39 is 11.4 Å². The van der Waals surface area contributed by atoms with Gasteiger partial charge in [0.2, 0.25) is 5.91 Å². The summed E-state index contributed by atoms with van der Waals surface area (Å²) in [5.74, 6) is -0.330. The number of pyridine rings is 1. The number of hydrogen-bond donors (Lipinski definition) is 2. The van der Waals surface area contributed by atoms with Crippen molar-refractivity contribution in [2.24, 2.45) is 5.41 Å². The van der Waals surface area contributed by atoms with Crippen LogP contribution in [0.1, 0.15) is 75.4 Å². The lowest BCUT2D eigenvalue weighted by molar-refractivity contribution is -0.151. The number of ether oxygens (including phenoxy) is 2. The van der Waals surface area contributed by atoms with Crippen LogP contribution in [0.3, 0.4) is 0 Å². The topological polar surface area (TPSA) is 97.8 Å². The van der Waals surface area contributed by atoms with Crippen molar-refractivity contribution in [2.45, 2.75) is 65.9 Å². The van der Waals surface area contributed by atoms with Gasteiger partial charge in [-0.3, -0.25) is 14.6 Å². The third kappa shape index (κ3) is 10.2. The van der Waals surface area contributed by atoms with Crippen LogP contribution in [-0.4, -0.2) is 35.2 Å². The Kier molecular flexibility index (Phi) is 12.6. The number of rotatable bonds is 17. The summed E-state index contributed by atoms with van der Waals surface area (Å²) < 4.78 is 11.4. The minimum atomic E-state index is -1.04. The van der Waals surface area contributed by atoms with E-state index in [1.54, 1.807) is 19.9 Å². The molecular formula is C34H42N2O5. The third-order valence-electron chi connectivity index (χ3n) is 7.24. The lowest BCUT2D eigenvalue weighted by Crippen LogP contribution is -2.34. The molecule has 1 amide bonds. The fraction of sp³-hybridized carbons (Fsp3) is 0.382. The van der Waals surface area contributed by atoms with E-state index in [1.807, 2.05) is 67.6 Å². The molecule has 0 unspecified atom stereocenters. The van der Waals surface area contributed by atoms with Crippen LogP contribution in [0.25, 0.3) is 12.2 Å². The first-order valence-corrected chi connectivity index (χ1v) is 14.4. The molecule has 0 atom stereocenters. The first kappa shape index (κ1) is 31.6. The Morgan fingerprint density at radius 3 is 2.41 bits per heavy atom. The Morgan fingerprint density at radius 1 is 0.951 bits per heavy atom. The molecular weight excluding hydrogens is 516 g/mol. The number of aromatic nitrogens is 1. The average Bonchev–Trinajstić information content (AvgIpc) is 2.98. The molecule has 0 radical (unpaired) electrons. The van der Waals surface area contributed by atoms with Gasteiger partial charge in [-0.05, 0) is 92.6 Å². The summed E-state index contributed by atoms with van der Waals surface area (Å²) in [6.07, 6.45) is 7.65. The van der Waals surface area contributed by atoms with E-state index in [1.165, 1.54) is 5.56 Å². The normalized spacial score (nSPS) is 11.5. The molecule has 0 spiro atoms. The van der Waals surface area contributed by atoms with Gasteiger partial charge < -0.3 is 19.9 Å². The minimum Gasteiger partial charge on any atom is -0.494 e. The zero-order valence-electron chi connectivity index (χ0n) is 24.4. The number of aliphatic carboxylic acids is 1. The van der Waals surface area contributed by atoms with Gasteiger partial charge in [0.15, 0.2) is 0 Å². The van der Waals surface area contributed by atoms with Crippen molar-refractivity contribution >= 4 is 29.7 Å². The van der Waals surface area contributed by atoms with Gasteiger partial charge in [0.1, 0.15) is 5.75 Å². The van der Waals surface area contributed by atoms with Crippen molar-refractivity contribution in [3.05, 3.63) is 89.2 Å². The fourth-order valence-electron chi connectivity index (χ4n) is 4.59. The number of carbonyl (C=O) groups is 2. The van der Waals surface area contributed by atoms with Crippen molar-refractivity contribution in [1.29, 1.82) is 0 Å². The number of carbonyl (C=O) groups excluding carboxylic acids is 1. The van der Waals surface area contributed by atoms with E-state index in [-0.39, 0.29) is 12.3 Å². The summed E-state index contributed by atoms with van der Waals surface area (Å²) in [5, 5.41) is 12.5. The van der Waals surface area contributed by atoms with E-state index in [0.717, 1.165) is 42.0 Å². The number of carboxylic acid groups (broad SMARTS) is 1. The molecule has 3 aromatic rings. The maximum Gasteiger partial charge on any atom is 0.310 e. The van der Waals surface area contributed by atoms with Gasteiger partial charge in [-0.25, -0.2) is 0 Å². The second-order valence-electron chi connectivity index (χ2n) is 10.1. The predicted molar refractivity (Wildman–Crippen MR) is 164 cm³/mol. The summed E-state index contributed by atoms with van der Waals surface area (Å²) in [6.45, 7) is 7.41. The standard InChI is InChI=1S/C34H42N2O5/c1-4-34(5-2,33(38)39)24-32(37)36-29-14-9-12-27(23-29)16-19-28-13-10-15-30(35-28)25-40-22-8-7-11-26-17-20-31(21-18-26)41-6-3/h9-10,12-21,23H,4-8,11,22,24-25H2,1-3H3,(H,36,37)(H,38,39)/b19-16+. The van der Waals surface area contributed by atoms with Crippen LogP contribution < -0.4 is 10.1 Å². The number of aryl methyl sites for hydroxylation is 1. The van der Waals surface area contributed by atoms with Gasteiger partial charge in [0.05, 0.1) is 30.0 Å². The van der Waals surface area contributed by atoms with Crippen molar-refractivity contribution in [3.63, 3.8) is 0 Å². The number of anilines is 1. The molecule has 0 aliphatic carbocycles. The van der Waals surface area contributed by atoms with Gasteiger partial charge in [-0.1, -0.05) is 50.3 Å². The highest BCUT2D eigenvalue weighted by Gasteiger charge is 2.37. The van der Waals surface area contributed by atoms with Gasteiger partial charge >= 0.3 is 5.97 Å². The van der Waals surface area contributed by atoms with Gasteiger partial charge in [0.25, 0.3) is 0 Å². The molecule has 0 saturated heterocycles. The summed E-state index contributed by atoms with van der Waals surface area (Å²) in [7, 11) is 0. The molecule has 0 bridgehead atoms. The third-order valence-corrected chi connectivity index (χ3v) is 7.24. The van der Waals surface area contributed by atoms with Crippen LogP contribution in [0.2, 0.25) is 0 Å². The first-order valence-electron chi connectivity index (χ1n) is 14.4. The number of nitrogens with zero attached hydrogens (tertiary/aromatic N) is 1. The number of unbranched alkanes of at least 4 members (excludes halogenated alkanes) is 1. The van der Waals surface area contributed by atoms with Gasteiger partial charge in [-0.2, -0.15) is 0 Å². The Hall–Kier alpha value is -3.97. The monoisotopic (exact) mass is 558 g/mol. The largest absolute Gasteiger partial charge is 0.494 e. The molecule has 0 aliphatic rings. The van der Waals surface area contributed by atoms with Crippen molar-refractivity contribution in [1.82, 2.24) is 4.98 Å². The number of nitrogens with one attached hydrogen (secondary N) is 1. The molecule has 1 aromatic heterocycles. The number of amides is 1. The van der Waals surface area contributed by atoms with Crippen LogP contribution in [0, 0.1) is 5.41 Å². The Balaban J connectivity index is 1.45. The van der Waals surface area contributed by atoms with Crippen LogP contribution in [0.5, 0.6) is 5.75 Å². The molecule has 0 fully saturated rings. The summed E-state index contributed by atoms with van der Waals surface area (Å²) in [6, 6.07) is 21.6. The highest BCUT2D eigenvalue weighted by atomic mass is 16.5. The molecule has 3 rings (SSSR count). The Bertz CT molecular complexity index is 1280. The quantitative estimate of drug-likeness (QED) is 0.167. The minimum absolute atomic E-state index is 0.0586. The highest BCUT2D eigenvalue weighted by molar-refractivity contribution is 5.94. The fourth-order valence-corrected chi connectivity index (χ4v) is 4.59. The first-order chi connectivity index (χ1) is 19.9. The van der Waals surface area contributed by atoms with Gasteiger partial charge in [0, 0.05) is 18.7 Å². The number of benzene rings is 2. The second-order valence-corrected chi connectivity index (χ2v) is 10.1. The summed E-state index contributed by atoms with van der Waals surface area (Å²) in [5.41, 5.74) is 3.46. The molecule has 218 valence electrons. The maximum absolute atomic E-state index is 12.6. The zero-order chi connectivity index (χ0) is 29.5.